The molecule has 0 spiro atoms. The van der Waals surface area contributed by atoms with Gasteiger partial charge in [0.15, 0.2) is 0 Å². The van der Waals surface area contributed by atoms with Crippen LogP contribution in [0.25, 0.3) is 0 Å². The zero-order valence-corrected chi connectivity index (χ0v) is 9.83. The number of nitriles is 1. The van der Waals surface area contributed by atoms with E-state index in [0.717, 1.165) is 5.56 Å². The molecule has 19 heavy (non-hydrogen) atoms. The van der Waals surface area contributed by atoms with E-state index in [9.17, 15) is 14.9 Å². The maximum atomic E-state index is 11.9. The van der Waals surface area contributed by atoms with Gasteiger partial charge in [0.2, 0.25) is 0 Å². The second-order valence-electron chi connectivity index (χ2n) is 4.41. The summed E-state index contributed by atoms with van der Waals surface area (Å²) in [4.78, 5) is 24.7. The smallest absolute Gasteiger partial charge is 0.330 e. The highest BCUT2D eigenvalue weighted by Gasteiger charge is 2.52. The van der Waals surface area contributed by atoms with E-state index in [-0.39, 0.29) is 11.4 Å². The highest BCUT2D eigenvalue weighted by Crippen LogP contribution is 2.41. The average molecular weight is 254 g/mol. The fourth-order valence-electron chi connectivity index (χ4n) is 2.63. The molecule has 6 heteroatoms. The highest BCUT2D eigenvalue weighted by atomic mass is 16.2. The van der Waals surface area contributed by atoms with Crippen molar-refractivity contribution in [2.75, 3.05) is 0 Å². The molecular formula is C13H10N4O2. The molecule has 94 valence electrons. The van der Waals surface area contributed by atoms with E-state index in [2.05, 4.69) is 5.32 Å². The van der Waals surface area contributed by atoms with Crippen molar-refractivity contribution in [3.8, 4) is 6.07 Å². The molecule has 1 aromatic rings. The summed E-state index contributed by atoms with van der Waals surface area (Å²) in [5, 5.41) is 11.5. The normalized spacial score (nSPS) is 25.3. The lowest BCUT2D eigenvalue weighted by molar-refractivity contribution is -0.121. The minimum absolute atomic E-state index is 0.0599. The molecule has 0 aromatic heterocycles. The first-order valence-corrected chi connectivity index (χ1v) is 5.74. The topological polar surface area (TPSA) is 99.2 Å². The molecule has 3 rings (SSSR count). The van der Waals surface area contributed by atoms with Crippen molar-refractivity contribution in [3.05, 3.63) is 47.3 Å². The lowest BCUT2D eigenvalue weighted by Gasteiger charge is -2.18. The zero-order chi connectivity index (χ0) is 13.6. The summed E-state index contributed by atoms with van der Waals surface area (Å²) in [6.45, 7) is 0. The average Bonchev–Trinajstić information content (AvgIpc) is 2.87. The van der Waals surface area contributed by atoms with Crippen LogP contribution in [0, 0.1) is 11.3 Å². The Bertz CT molecular complexity index is 644. The van der Waals surface area contributed by atoms with Crippen molar-refractivity contribution in [1.29, 1.82) is 5.26 Å². The predicted molar refractivity (Wildman–Crippen MR) is 65.2 cm³/mol. The minimum Gasteiger partial charge on any atom is -0.384 e. The third kappa shape index (κ3) is 1.42. The number of fused-ring (bicyclic) bond motifs is 1. The number of imide groups is 1. The number of hydrogen-bond donors (Lipinski definition) is 2. The summed E-state index contributed by atoms with van der Waals surface area (Å²) >= 11 is 0. The minimum atomic E-state index is -0.760. The standard InChI is InChI=1S/C13H10N4O2/c14-6-8-9(7-4-2-1-3-5-7)10-12(18)16-13(19)17(10)11(8)15/h1-5,9-10H,15H2,(H,16,18,19)/t9-,10-/m0/s1. The van der Waals surface area contributed by atoms with Gasteiger partial charge in [-0.1, -0.05) is 30.3 Å². The summed E-state index contributed by atoms with van der Waals surface area (Å²) in [7, 11) is 0. The molecular weight excluding hydrogens is 244 g/mol. The van der Waals surface area contributed by atoms with Crippen LogP contribution in [0.2, 0.25) is 0 Å². The van der Waals surface area contributed by atoms with Gasteiger partial charge in [0.25, 0.3) is 5.91 Å². The van der Waals surface area contributed by atoms with Crippen molar-refractivity contribution >= 4 is 11.9 Å². The number of nitrogens with zero attached hydrogens (tertiary/aromatic N) is 2. The Morgan fingerprint density at radius 2 is 1.95 bits per heavy atom. The van der Waals surface area contributed by atoms with Crippen LogP contribution < -0.4 is 11.1 Å². The number of rotatable bonds is 1. The molecule has 0 saturated carbocycles. The summed E-state index contributed by atoms with van der Waals surface area (Å²) in [5.41, 5.74) is 6.88. The van der Waals surface area contributed by atoms with Crippen LogP contribution in [-0.2, 0) is 4.79 Å². The SMILES string of the molecule is N#CC1=C(N)N2C(=O)NC(=O)[C@@H]2[C@H]1c1ccccc1. The van der Waals surface area contributed by atoms with Crippen LogP contribution >= 0.6 is 0 Å². The maximum absolute atomic E-state index is 11.9. The van der Waals surface area contributed by atoms with Crippen molar-refractivity contribution < 1.29 is 9.59 Å². The van der Waals surface area contributed by atoms with E-state index in [0.29, 0.717) is 0 Å². The quantitative estimate of drug-likeness (QED) is 0.708. The summed E-state index contributed by atoms with van der Waals surface area (Å²) in [5.74, 6) is -0.866. The van der Waals surface area contributed by atoms with Gasteiger partial charge in [-0.05, 0) is 5.56 Å². The first-order chi connectivity index (χ1) is 9.15. The molecule has 2 aliphatic rings. The number of carbonyl (C=O) groups is 2. The molecule has 2 heterocycles. The third-order valence-electron chi connectivity index (χ3n) is 3.44. The second-order valence-corrected chi connectivity index (χ2v) is 4.41. The van der Waals surface area contributed by atoms with Crippen LogP contribution in [0.1, 0.15) is 11.5 Å². The molecule has 2 aliphatic heterocycles. The van der Waals surface area contributed by atoms with Crippen molar-refractivity contribution in [2.45, 2.75) is 12.0 Å². The monoisotopic (exact) mass is 254 g/mol. The lowest BCUT2D eigenvalue weighted by atomic mass is 9.87. The summed E-state index contributed by atoms with van der Waals surface area (Å²) < 4.78 is 0. The lowest BCUT2D eigenvalue weighted by Crippen LogP contribution is -2.35. The second kappa shape index (κ2) is 3.85. The number of carbonyl (C=O) groups excluding carboxylic acids is 2. The fourth-order valence-corrected chi connectivity index (χ4v) is 2.63. The van der Waals surface area contributed by atoms with Gasteiger partial charge in [-0.3, -0.25) is 15.0 Å². The van der Waals surface area contributed by atoms with Crippen LogP contribution in [-0.4, -0.2) is 22.9 Å². The van der Waals surface area contributed by atoms with E-state index >= 15 is 0 Å². The van der Waals surface area contributed by atoms with Gasteiger partial charge >= 0.3 is 6.03 Å². The van der Waals surface area contributed by atoms with Crippen LogP contribution in [0.4, 0.5) is 4.79 Å². The van der Waals surface area contributed by atoms with Gasteiger partial charge in [0.05, 0.1) is 17.6 Å². The number of amides is 3. The number of urea groups is 1. The van der Waals surface area contributed by atoms with Gasteiger partial charge in [0.1, 0.15) is 11.9 Å². The van der Waals surface area contributed by atoms with E-state index in [4.69, 9.17) is 5.73 Å². The zero-order valence-electron chi connectivity index (χ0n) is 9.83. The molecule has 0 unspecified atom stereocenters. The van der Waals surface area contributed by atoms with E-state index in [1.807, 2.05) is 36.4 Å². The van der Waals surface area contributed by atoms with Crippen LogP contribution in [0.5, 0.6) is 0 Å². The Kier molecular flexibility index (Phi) is 2.29. The third-order valence-corrected chi connectivity index (χ3v) is 3.44. The fraction of sp³-hybridized carbons (Fsp3) is 0.154. The maximum Gasteiger partial charge on any atom is 0.330 e. The number of hydrogen-bond acceptors (Lipinski definition) is 4. The molecule has 1 fully saturated rings. The largest absolute Gasteiger partial charge is 0.384 e. The molecule has 1 aromatic carbocycles. The van der Waals surface area contributed by atoms with E-state index < -0.39 is 23.9 Å². The number of benzene rings is 1. The molecule has 6 nitrogen and oxygen atoms in total. The Balaban J connectivity index is 2.16. The molecule has 0 bridgehead atoms. The molecule has 0 aliphatic carbocycles. The van der Waals surface area contributed by atoms with Gasteiger partial charge in [-0.15, -0.1) is 0 Å². The Labute approximate surface area is 109 Å². The van der Waals surface area contributed by atoms with Crippen molar-refractivity contribution in [2.24, 2.45) is 5.73 Å². The Morgan fingerprint density at radius 3 is 2.58 bits per heavy atom. The first-order valence-electron chi connectivity index (χ1n) is 5.74. The van der Waals surface area contributed by atoms with Gasteiger partial charge in [-0.2, -0.15) is 5.26 Å². The van der Waals surface area contributed by atoms with Gasteiger partial charge < -0.3 is 5.73 Å². The Morgan fingerprint density at radius 1 is 1.26 bits per heavy atom. The van der Waals surface area contributed by atoms with Crippen LogP contribution in [0.15, 0.2) is 41.7 Å². The molecule has 2 atom stereocenters. The molecule has 1 saturated heterocycles. The van der Waals surface area contributed by atoms with Crippen LogP contribution in [0.3, 0.4) is 0 Å². The number of nitrogens with one attached hydrogen (secondary N) is 1. The van der Waals surface area contributed by atoms with Crippen molar-refractivity contribution in [3.63, 3.8) is 0 Å². The van der Waals surface area contributed by atoms with Gasteiger partial charge in [-0.25, -0.2) is 4.79 Å². The highest BCUT2D eigenvalue weighted by molar-refractivity contribution is 6.07. The summed E-state index contributed by atoms with van der Waals surface area (Å²) in [6.07, 6.45) is 0. The van der Waals surface area contributed by atoms with E-state index in [1.165, 1.54) is 4.90 Å². The Hall–Kier alpha value is -2.81. The van der Waals surface area contributed by atoms with Gasteiger partial charge in [0, 0.05) is 0 Å². The van der Waals surface area contributed by atoms with E-state index in [1.54, 1.807) is 0 Å². The molecule has 0 radical (unpaired) electrons. The van der Waals surface area contributed by atoms with Crippen molar-refractivity contribution in [1.82, 2.24) is 10.2 Å². The molecule has 3 amide bonds. The predicted octanol–water partition coefficient (Wildman–Crippen LogP) is 0.398. The summed E-state index contributed by atoms with van der Waals surface area (Å²) in [6, 6.07) is 9.79. The molecule has 3 N–H and O–H groups in total. The number of nitrogens with two attached hydrogens (primary N) is 1. The first kappa shape index (κ1) is 11.3.